The molecule has 0 spiro atoms. The van der Waals surface area contributed by atoms with Gasteiger partial charge in [0.15, 0.2) is 0 Å². The van der Waals surface area contributed by atoms with Crippen molar-refractivity contribution in [3.05, 3.63) is 28.2 Å². The first-order valence-corrected chi connectivity index (χ1v) is 8.37. The lowest BCUT2D eigenvalue weighted by Crippen LogP contribution is -2.34. The standard InChI is InChI=1S/C17H28BrNO/c1-5-7-10-17(6-2,13-19-3)12-14-8-9-16(20-4)15(18)11-14/h8-9,11,19H,5-7,10,12-13H2,1-4H3. The van der Waals surface area contributed by atoms with Crippen molar-refractivity contribution in [1.29, 1.82) is 0 Å². The van der Waals surface area contributed by atoms with E-state index in [1.54, 1.807) is 7.11 Å². The van der Waals surface area contributed by atoms with E-state index in [1.165, 1.54) is 31.2 Å². The first-order valence-electron chi connectivity index (χ1n) is 7.57. The molecule has 1 rings (SSSR count). The first kappa shape index (κ1) is 17.5. The van der Waals surface area contributed by atoms with Gasteiger partial charge in [-0.05, 0) is 65.4 Å². The molecule has 0 aliphatic heterocycles. The van der Waals surface area contributed by atoms with Gasteiger partial charge in [-0.25, -0.2) is 0 Å². The Morgan fingerprint density at radius 3 is 2.55 bits per heavy atom. The minimum Gasteiger partial charge on any atom is -0.496 e. The summed E-state index contributed by atoms with van der Waals surface area (Å²) in [7, 11) is 3.76. The molecular formula is C17H28BrNO. The van der Waals surface area contributed by atoms with Crippen molar-refractivity contribution in [2.24, 2.45) is 5.41 Å². The number of nitrogens with one attached hydrogen (secondary N) is 1. The Labute approximate surface area is 132 Å². The minimum absolute atomic E-state index is 0.360. The van der Waals surface area contributed by atoms with Gasteiger partial charge in [-0.3, -0.25) is 0 Å². The Bertz CT molecular complexity index is 408. The third-order valence-electron chi connectivity index (χ3n) is 4.16. The number of halogens is 1. The zero-order valence-corrected chi connectivity index (χ0v) is 14.8. The molecular weight excluding hydrogens is 314 g/mol. The SMILES string of the molecule is CCCCC(CC)(CNC)Cc1ccc(OC)c(Br)c1. The van der Waals surface area contributed by atoms with Gasteiger partial charge >= 0.3 is 0 Å². The van der Waals surface area contributed by atoms with E-state index < -0.39 is 0 Å². The van der Waals surface area contributed by atoms with E-state index in [4.69, 9.17) is 4.74 Å². The van der Waals surface area contributed by atoms with Gasteiger partial charge in [0.2, 0.25) is 0 Å². The van der Waals surface area contributed by atoms with Gasteiger partial charge in [0.1, 0.15) is 5.75 Å². The van der Waals surface area contributed by atoms with E-state index in [-0.39, 0.29) is 0 Å². The van der Waals surface area contributed by atoms with Crippen molar-refractivity contribution in [3.8, 4) is 5.75 Å². The summed E-state index contributed by atoms with van der Waals surface area (Å²) < 4.78 is 6.35. The fourth-order valence-corrected chi connectivity index (χ4v) is 3.43. The maximum atomic E-state index is 5.31. The highest BCUT2D eigenvalue weighted by Gasteiger charge is 2.27. The topological polar surface area (TPSA) is 21.3 Å². The zero-order chi connectivity index (χ0) is 15.0. The lowest BCUT2D eigenvalue weighted by Gasteiger charge is -2.33. The molecule has 1 atom stereocenters. The van der Waals surface area contributed by atoms with E-state index >= 15 is 0 Å². The van der Waals surface area contributed by atoms with Crippen molar-refractivity contribution in [3.63, 3.8) is 0 Å². The highest BCUT2D eigenvalue weighted by Crippen LogP contribution is 2.34. The predicted octanol–water partition coefficient (Wildman–Crippen LogP) is 4.81. The molecule has 2 nitrogen and oxygen atoms in total. The average Bonchev–Trinajstić information content (AvgIpc) is 2.45. The van der Waals surface area contributed by atoms with Crippen LogP contribution in [-0.2, 0) is 6.42 Å². The summed E-state index contributed by atoms with van der Waals surface area (Å²) in [6.07, 6.45) is 6.17. The molecule has 0 amide bonds. The number of ether oxygens (including phenoxy) is 1. The summed E-state index contributed by atoms with van der Waals surface area (Å²) in [5, 5.41) is 3.39. The van der Waals surface area contributed by atoms with Crippen molar-refractivity contribution in [2.45, 2.75) is 46.0 Å². The second-order valence-electron chi connectivity index (χ2n) is 5.63. The van der Waals surface area contributed by atoms with Crippen LogP contribution in [0.3, 0.4) is 0 Å². The third-order valence-corrected chi connectivity index (χ3v) is 4.78. The van der Waals surface area contributed by atoms with Gasteiger partial charge in [0.05, 0.1) is 11.6 Å². The quantitative estimate of drug-likeness (QED) is 0.696. The van der Waals surface area contributed by atoms with Crippen molar-refractivity contribution < 1.29 is 4.74 Å². The molecule has 114 valence electrons. The molecule has 1 aromatic carbocycles. The molecule has 0 heterocycles. The van der Waals surface area contributed by atoms with Crippen LogP contribution in [0.4, 0.5) is 0 Å². The molecule has 0 saturated carbocycles. The van der Waals surface area contributed by atoms with Gasteiger partial charge in [0, 0.05) is 6.54 Å². The van der Waals surface area contributed by atoms with E-state index in [0.717, 1.165) is 23.2 Å². The second kappa shape index (κ2) is 8.68. The van der Waals surface area contributed by atoms with Crippen LogP contribution in [0.1, 0.15) is 45.1 Å². The van der Waals surface area contributed by atoms with Crippen LogP contribution in [0.2, 0.25) is 0 Å². The van der Waals surface area contributed by atoms with Crippen molar-refractivity contribution in [1.82, 2.24) is 5.32 Å². The Balaban J connectivity index is 2.90. The summed E-state index contributed by atoms with van der Waals surface area (Å²) in [6.45, 7) is 5.66. The van der Waals surface area contributed by atoms with Crippen LogP contribution in [0.25, 0.3) is 0 Å². The maximum absolute atomic E-state index is 5.31. The van der Waals surface area contributed by atoms with E-state index in [0.29, 0.717) is 5.41 Å². The summed E-state index contributed by atoms with van der Waals surface area (Å²) in [5.74, 6) is 0.901. The molecule has 0 radical (unpaired) electrons. The van der Waals surface area contributed by atoms with Crippen LogP contribution >= 0.6 is 15.9 Å². The Kier molecular flexibility index (Phi) is 7.60. The van der Waals surface area contributed by atoms with Gasteiger partial charge in [-0.2, -0.15) is 0 Å². The monoisotopic (exact) mass is 341 g/mol. The number of hydrogen-bond acceptors (Lipinski definition) is 2. The van der Waals surface area contributed by atoms with Crippen LogP contribution in [0.5, 0.6) is 5.75 Å². The number of benzene rings is 1. The number of unbranched alkanes of at least 4 members (excludes halogenated alkanes) is 1. The zero-order valence-electron chi connectivity index (χ0n) is 13.3. The van der Waals surface area contributed by atoms with E-state index in [9.17, 15) is 0 Å². The molecule has 0 aliphatic carbocycles. The fraction of sp³-hybridized carbons (Fsp3) is 0.647. The molecule has 1 aromatic rings. The second-order valence-corrected chi connectivity index (χ2v) is 6.49. The predicted molar refractivity (Wildman–Crippen MR) is 90.6 cm³/mol. The number of hydrogen-bond donors (Lipinski definition) is 1. The van der Waals surface area contributed by atoms with E-state index in [2.05, 4.69) is 60.3 Å². The Hall–Kier alpha value is -0.540. The maximum Gasteiger partial charge on any atom is 0.133 e. The molecule has 1 unspecified atom stereocenters. The lowest BCUT2D eigenvalue weighted by molar-refractivity contribution is 0.235. The first-order chi connectivity index (χ1) is 9.60. The fourth-order valence-electron chi connectivity index (χ4n) is 2.85. The lowest BCUT2D eigenvalue weighted by atomic mass is 9.75. The molecule has 3 heteroatoms. The normalized spacial score (nSPS) is 14.1. The van der Waals surface area contributed by atoms with Crippen LogP contribution < -0.4 is 10.1 Å². The highest BCUT2D eigenvalue weighted by atomic mass is 79.9. The third kappa shape index (κ3) is 4.78. The summed E-state index contributed by atoms with van der Waals surface area (Å²) in [6, 6.07) is 6.44. The Morgan fingerprint density at radius 1 is 1.30 bits per heavy atom. The Morgan fingerprint density at radius 2 is 2.05 bits per heavy atom. The van der Waals surface area contributed by atoms with Crippen molar-refractivity contribution >= 4 is 15.9 Å². The molecule has 0 aromatic heterocycles. The van der Waals surface area contributed by atoms with Crippen LogP contribution in [-0.4, -0.2) is 20.7 Å². The van der Waals surface area contributed by atoms with Gasteiger partial charge in [-0.1, -0.05) is 32.8 Å². The van der Waals surface area contributed by atoms with Crippen LogP contribution in [0, 0.1) is 5.41 Å². The van der Waals surface area contributed by atoms with Crippen LogP contribution in [0.15, 0.2) is 22.7 Å². The smallest absolute Gasteiger partial charge is 0.133 e. The summed E-state index contributed by atoms with van der Waals surface area (Å²) in [4.78, 5) is 0. The number of rotatable bonds is 9. The molecule has 0 aliphatic rings. The number of methoxy groups -OCH3 is 1. The average molecular weight is 342 g/mol. The van der Waals surface area contributed by atoms with E-state index in [1.807, 2.05) is 0 Å². The molecule has 1 N–H and O–H groups in total. The van der Waals surface area contributed by atoms with Gasteiger partial charge < -0.3 is 10.1 Å². The highest BCUT2D eigenvalue weighted by molar-refractivity contribution is 9.10. The summed E-state index contributed by atoms with van der Waals surface area (Å²) in [5.41, 5.74) is 1.74. The molecule has 20 heavy (non-hydrogen) atoms. The van der Waals surface area contributed by atoms with Crippen molar-refractivity contribution in [2.75, 3.05) is 20.7 Å². The van der Waals surface area contributed by atoms with Gasteiger partial charge in [0.25, 0.3) is 0 Å². The minimum atomic E-state index is 0.360. The molecule has 0 saturated heterocycles. The molecule has 0 fully saturated rings. The summed E-state index contributed by atoms with van der Waals surface area (Å²) >= 11 is 3.59. The molecule has 0 bridgehead atoms. The largest absolute Gasteiger partial charge is 0.496 e. The van der Waals surface area contributed by atoms with Gasteiger partial charge in [-0.15, -0.1) is 0 Å².